The van der Waals surface area contributed by atoms with Crippen molar-refractivity contribution in [2.45, 2.75) is 13.0 Å². The molecule has 0 aliphatic rings. The minimum atomic E-state index is -0.380. The number of nitrogens with one attached hydrogen (secondary N) is 2. The lowest BCUT2D eigenvalue weighted by Crippen LogP contribution is -2.23. The maximum atomic E-state index is 12.0. The number of rotatable bonds is 5. The number of carbonyl (C=O) groups excluding carboxylic acids is 2. The zero-order valence-corrected chi connectivity index (χ0v) is 11.7. The summed E-state index contributed by atoms with van der Waals surface area (Å²) in [6, 6.07) is 13.7. The molecule has 2 amide bonds. The molecule has 22 heavy (non-hydrogen) atoms. The smallest absolute Gasteiger partial charge is 0.251 e. The Balaban J connectivity index is 1.91. The third kappa shape index (κ3) is 4.42. The van der Waals surface area contributed by atoms with Gasteiger partial charge in [0.05, 0.1) is 18.3 Å². The van der Waals surface area contributed by atoms with Crippen molar-refractivity contribution in [3.8, 4) is 6.07 Å². The van der Waals surface area contributed by atoms with E-state index >= 15 is 0 Å². The summed E-state index contributed by atoms with van der Waals surface area (Å²) in [5.74, 6) is -0.601. The molecule has 6 heteroatoms. The number of pyridine rings is 1. The fourth-order valence-corrected chi connectivity index (χ4v) is 1.76. The molecule has 0 unspecified atom stereocenters. The second-order valence-corrected chi connectivity index (χ2v) is 4.46. The molecular weight excluding hydrogens is 280 g/mol. The van der Waals surface area contributed by atoms with Gasteiger partial charge in [0, 0.05) is 17.4 Å². The van der Waals surface area contributed by atoms with E-state index in [1.54, 1.807) is 36.5 Å². The van der Waals surface area contributed by atoms with Crippen LogP contribution in [0.15, 0.2) is 48.7 Å². The van der Waals surface area contributed by atoms with Crippen LogP contribution in [-0.4, -0.2) is 16.8 Å². The summed E-state index contributed by atoms with van der Waals surface area (Å²) in [7, 11) is 0. The molecule has 110 valence electrons. The van der Waals surface area contributed by atoms with E-state index in [0.717, 1.165) is 5.69 Å². The number of nitriles is 1. The van der Waals surface area contributed by atoms with Gasteiger partial charge in [0.1, 0.15) is 6.42 Å². The number of hydrogen-bond donors (Lipinski definition) is 2. The Bertz CT molecular complexity index is 690. The first kappa shape index (κ1) is 15.2. The molecular formula is C16H14N4O2. The van der Waals surface area contributed by atoms with Gasteiger partial charge in [0.2, 0.25) is 5.91 Å². The molecule has 6 nitrogen and oxygen atoms in total. The van der Waals surface area contributed by atoms with Gasteiger partial charge in [-0.1, -0.05) is 6.07 Å². The lowest BCUT2D eigenvalue weighted by molar-refractivity contribution is -0.115. The first-order valence-electron chi connectivity index (χ1n) is 6.64. The van der Waals surface area contributed by atoms with E-state index in [2.05, 4.69) is 15.6 Å². The molecule has 0 bridgehead atoms. The van der Waals surface area contributed by atoms with Crippen molar-refractivity contribution in [3.05, 3.63) is 59.9 Å². The maximum Gasteiger partial charge on any atom is 0.251 e. The number of carbonyl (C=O) groups is 2. The van der Waals surface area contributed by atoms with Gasteiger partial charge >= 0.3 is 0 Å². The highest BCUT2D eigenvalue weighted by atomic mass is 16.2. The van der Waals surface area contributed by atoms with E-state index in [1.165, 1.54) is 0 Å². The standard InChI is InChI=1S/C16H14N4O2/c17-9-8-15(21)20-13-6-4-12(5-7-13)16(22)19-11-14-3-1-2-10-18-14/h1-7,10H,8,11H2,(H,19,22)(H,20,21). The van der Waals surface area contributed by atoms with Gasteiger partial charge < -0.3 is 10.6 Å². The van der Waals surface area contributed by atoms with Crippen molar-refractivity contribution in [3.63, 3.8) is 0 Å². The van der Waals surface area contributed by atoms with Gasteiger partial charge in [0.15, 0.2) is 0 Å². The molecule has 1 aromatic carbocycles. The van der Waals surface area contributed by atoms with Crippen LogP contribution in [-0.2, 0) is 11.3 Å². The zero-order chi connectivity index (χ0) is 15.8. The average molecular weight is 294 g/mol. The quantitative estimate of drug-likeness (QED) is 0.880. The van der Waals surface area contributed by atoms with E-state index in [-0.39, 0.29) is 18.2 Å². The van der Waals surface area contributed by atoms with E-state index in [9.17, 15) is 9.59 Å². The van der Waals surface area contributed by atoms with Crippen LogP contribution in [0.2, 0.25) is 0 Å². The average Bonchev–Trinajstić information content (AvgIpc) is 2.54. The van der Waals surface area contributed by atoms with E-state index in [4.69, 9.17) is 5.26 Å². The van der Waals surface area contributed by atoms with Gasteiger partial charge in [-0.3, -0.25) is 14.6 Å². The molecule has 0 spiro atoms. The largest absolute Gasteiger partial charge is 0.346 e. The number of benzene rings is 1. The Morgan fingerprint density at radius 2 is 1.91 bits per heavy atom. The second kappa shape index (κ2) is 7.55. The molecule has 2 rings (SSSR count). The summed E-state index contributed by atoms with van der Waals surface area (Å²) in [5.41, 5.74) is 1.80. The third-order valence-electron chi connectivity index (χ3n) is 2.83. The first-order chi connectivity index (χ1) is 10.7. The molecule has 2 aromatic rings. The Morgan fingerprint density at radius 1 is 1.14 bits per heavy atom. The highest BCUT2D eigenvalue weighted by molar-refractivity contribution is 5.96. The Hall–Kier alpha value is -3.20. The predicted octanol–water partition coefficient (Wildman–Crippen LogP) is 1.86. The third-order valence-corrected chi connectivity index (χ3v) is 2.83. The van der Waals surface area contributed by atoms with Gasteiger partial charge in [-0.05, 0) is 36.4 Å². The van der Waals surface area contributed by atoms with Crippen molar-refractivity contribution in [1.82, 2.24) is 10.3 Å². The van der Waals surface area contributed by atoms with Crippen LogP contribution < -0.4 is 10.6 Å². The highest BCUT2D eigenvalue weighted by Gasteiger charge is 2.06. The monoisotopic (exact) mass is 294 g/mol. The summed E-state index contributed by atoms with van der Waals surface area (Å²) in [4.78, 5) is 27.4. The van der Waals surface area contributed by atoms with Crippen LogP contribution in [0.5, 0.6) is 0 Å². The zero-order valence-electron chi connectivity index (χ0n) is 11.7. The van der Waals surface area contributed by atoms with Crippen molar-refractivity contribution in [1.29, 1.82) is 5.26 Å². The molecule has 0 saturated heterocycles. The Labute approximate surface area is 127 Å². The summed E-state index contributed by atoms with van der Waals surface area (Å²) in [6.45, 7) is 0.348. The number of nitrogens with zero attached hydrogens (tertiary/aromatic N) is 2. The molecule has 0 aliphatic carbocycles. The predicted molar refractivity (Wildman–Crippen MR) is 80.7 cm³/mol. The minimum Gasteiger partial charge on any atom is -0.346 e. The molecule has 2 N–H and O–H groups in total. The minimum absolute atomic E-state index is 0.202. The van der Waals surface area contributed by atoms with Gasteiger partial charge in [-0.2, -0.15) is 5.26 Å². The van der Waals surface area contributed by atoms with Crippen molar-refractivity contribution in [2.75, 3.05) is 5.32 Å². The van der Waals surface area contributed by atoms with Crippen LogP contribution >= 0.6 is 0 Å². The Kier molecular flexibility index (Phi) is 5.21. The molecule has 0 radical (unpaired) electrons. The van der Waals surface area contributed by atoms with E-state index < -0.39 is 0 Å². The summed E-state index contributed by atoms with van der Waals surface area (Å²) >= 11 is 0. The Morgan fingerprint density at radius 3 is 2.55 bits per heavy atom. The van der Waals surface area contributed by atoms with Crippen LogP contribution in [0.1, 0.15) is 22.5 Å². The summed E-state index contributed by atoms with van der Waals surface area (Å²) in [5, 5.41) is 13.7. The fourth-order valence-electron chi connectivity index (χ4n) is 1.76. The van der Waals surface area contributed by atoms with Gasteiger partial charge in [0.25, 0.3) is 5.91 Å². The van der Waals surface area contributed by atoms with Crippen LogP contribution in [0.25, 0.3) is 0 Å². The molecule has 0 fully saturated rings. The number of aromatic nitrogens is 1. The molecule has 0 atom stereocenters. The van der Waals surface area contributed by atoms with Crippen LogP contribution in [0.3, 0.4) is 0 Å². The van der Waals surface area contributed by atoms with E-state index in [1.807, 2.05) is 18.2 Å². The molecule has 1 aromatic heterocycles. The lowest BCUT2D eigenvalue weighted by atomic mass is 10.2. The number of hydrogen-bond acceptors (Lipinski definition) is 4. The maximum absolute atomic E-state index is 12.0. The van der Waals surface area contributed by atoms with Gasteiger partial charge in [-0.15, -0.1) is 0 Å². The van der Waals surface area contributed by atoms with Crippen molar-refractivity contribution >= 4 is 17.5 Å². The molecule has 1 heterocycles. The topological polar surface area (TPSA) is 94.9 Å². The lowest BCUT2D eigenvalue weighted by Gasteiger charge is -2.06. The van der Waals surface area contributed by atoms with E-state index in [0.29, 0.717) is 17.8 Å². The van der Waals surface area contributed by atoms with Gasteiger partial charge in [-0.25, -0.2) is 0 Å². The fraction of sp³-hybridized carbons (Fsp3) is 0.125. The SMILES string of the molecule is N#CCC(=O)Nc1ccc(C(=O)NCc2ccccn2)cc1. The second-order valence-electron chi connectivity index (χ2n) is 4.46. The first-order valence-corrected chi connectivity index (χ1v) is 6.64. The summed E-state index contributed by atoms with van der Waals surface area (Å²) < 4.78 is 0. The normalized spacial score (nSPS) is 9.59. The van der Waals surface area contributed by atoms with Crippen LogP contribution in [0.4, 0.5) is 5.69 Å². The van der Waals surface area contributed by atoms with Crippen LogP contribution in [0, 0.1) is 11.3 Å². The number of amides is 2. The number of anilines is 1. The highest BCUT2D eigenvalue weighted by Crippen LogP contribution is 2.10. The molecule has 0 aliphatic heterocycles. The molecule has 0 saturated carbocycles. The summed E-state index contributed by atoms with van der Waals surface area (Å²) in [6.07, 6.45) is 1.46. The van der Waals surface area contributed by atoms with Crippen molar-refractivity contribution < 1.29 is 9.59 Å². The van der Waals surface area contributed by atoms with Crippen molar-refractivity contribution in [2.24, 2.45) is 0 Å².